The Morgan fingerprint density at radius 1 is 1.07 bits per heavy atom. The molecule has 12 nitrogen and oxygen atoms in total. The smallest absolute Gasteiger partial charge is 0.258 e. The number of nitrogens with two attached hydrogens (primary N) is 1. The van der Waals surface area contributed by atoms with Crippen molar-refractivity contribution in [2.75, 3.05) is 32.4 Å². The van der Waals surface area contributed by atoms with Gasteiger partial charge in [0.2, 0.25) is 23.1 Å². The van der Waals surface area contributed by atoms with Gasteiger partial charge < -0.3 is 35.1 Å². The van der Waals surface area contributed by atoms with Crippen molar-refractivity contribution in [2.45, 2.75) is 24.9 Å². The first-order chi connectivity index (χ1) is 19.6. The normalized spacial score (nSPS) is 22.5. The van der Waals surface area contributed by atoms with Crippen LogP contribution >= 0.6 is 11.6 Å². The summed E-state index contributed by atoms with van der Waals surface area (Å²) in [6, 6.07) is 5.99. The topological polar surface area (TPSA) is 175 Å². The monoisotopic (exact) mass is 580 g/mol. The fourth-order valence-corrected chi connectivity index (χ4v) is 6.25. The number of anilines is 2. The Morgan fingerprint density at radius 3 is 2.44 bits per heavy atom. The van der Waals surface area contributed by atoms with Gasteiger partial charge in [-0.3, -0.25) is 19.4 Å². The van der Waals surface area contributed by atoms with E-state index in [1.54, 1.807) is 13.0 Å². The minimum absolute atomic E-state index is 0.0211. The van der Waals surface area contributed by atoms with Crippen LogP contribution in [0.15, 0.2) is 40.3 Å². The average molecular weight is 581 g/mol. The predicted octanol–water partition coefficient (Wildman–Crippen LogP) is 3.17. The van der Waals surface area contributed by atoms with Crippen LogP contribution in [0.4, 0.5) is 11.8 Å². The van der Waals surface area contributed by atoms with Crippen molar-refractivity contribution in [3.8, 4) is 28.7 Å². The number of rotatable bonds is 4. The van der Waals surface area contributed by atoms with Crippen LogP contribution < -0.4 is 35.6 Å². The van der Waals surface area contributed by atoms with E-state index in [-0.39, 0.29) is 68.7 Å². The maximum atomic E-state index is 14.7. The molecule has 13 heteroatoms. The molecule has 0 bridgehead atoms. The average Bonchev–Trinajstić information content (AvgIpc) is 3.25. The molecule has 0 radical (unpaired) electrons. The Kier molecular flexibility index (Phi) is 5.93. The molecule has 2 aliphatic heterocycles. The summed E-state index contributed by atoms with van der Waals surface area (Å²) < 4.78 is 22.2. The van der Waals surface area contributed by atoms with E-state index in [2.05, 4.69) is 15.3 Å². The molecule has 6 rings (SSSR count). The summed E-state index contributed by atoms with van der Waals surface area (Å²) >= 11 is 6.56. The van der Waals surface area contributed by atoms with Crippen LogP contribution in [0.1, 0.15) is 40.7 Å². The van der Waals surface area contributed by atoms with Crippen LogP contribution in [0.3, 0.4) is 0 Å². The molecule has 212 valence electrons. The molecule has 0 saturated carbocycles. The molecule has 41 heavy (non-hydrogen) atoms. The number of ether oxygens (including phenoxy) is 4. The van der Waals surface area contributed by atoms with Gasteiger partial charge in [-0.25, -0.2) is 0 Å². The van der Waals surface area contributed by atoms with E-state index in [1.807, 2.05) is 0 Å². The summed E-state index contributed by atoms with van der Waals surface area (Å²) in [7, 11) is 4.19. The van der Waals surface area contributed by atoms with Crippen LogP contribution in [-0.4, -0.2) is 53.6 Å². The maximum Gasteiger partial charge on any atom is 0.258 e. The quantitative estimate of drug-likeness (QED) is 0.333. The van der Waals surface area contributed by atoms with Crippen molar-refractivity contribution < 1.29 is 33.6 Å². The molecular weight excluding hydrogens is 556 g/mol. The van der Waals surface area contributed by atoms with Crippen molar-refractivity contribution in [3.63, 3.8) is 0 Å². The fourth-order valence-electron chi connectivity index (χ4n) is 5.99. The number of benzene rings is 2. The van der Waals surface area contributed by atoms with E-state index in [0.717, 1.165) is 0 Å². The summed E-state index contributed by atoms with van der Waals surface area (Å²) in [5.74, 6) is -2.65. The lowest BCUT2D eigenvalue weighted by atomic mass is 9.66. The number of allylic oxidation sites excluding steroid dienone is 1. The number of phenols is 1. The van der Waals surface area contributed by atoms with Gasteiger partial charge in [0.25, 0.3) is 5.56 Å². The third kappa shape index (κ3) is 3.53. The number of aromatic nitrogens is 2. The number of carbonyl (C=O) groups is 2. The second-order valence-electron chi connectivity index (χ2n) is 10.00. The van der Waals surface area contributed by atoms with Crippen LogP contribution in [0.2, 0.25) is 5.02 Å². The maximum absolute atomic E-state index is 14.7. The van der Waals surface area contributed by atoms with Crippen LogP contribution in [0.5, 0.6) is 28.7 Å². The zero-order valence-electron chi connectivity index (χ0n) is 22.4. The number of aromatic amines is 1. The summed E-state index contributed by atoms with van der Waals surface area (Å²) in [4.78, 5) is 49.0. The Hall–Kier alpha value is -4.71. The van der Waals surface area contributed by atoms with Gasteiger partial charge in [0.15, 0.2) is 17.2 Å². The molecule has 2 aromatic carbocycles. The number of hydrogen-bond donors (Lipinski definition) is 4. The minimum atomic E-state index is -2.01. The van der Waals surface area contributed by atoms with Crippen LogP contribution in [-0.2, 0) is 4.79 Å². The first-order valence-corrected chi connectivity index (χ1v) is 12.9. The Bertz CT molecular complexity index is 1770. The zero-order valence-corrected chi connectivity index (χ0v) is 23.1. The number of fused-ring (bicyclic) bond motifs is 2. The van der Waals surface area contributed by atoms with Crippen molar-refractivity contribution in [1.82, 2.24) is 9.97 Å². The molecule has 1 aromatic heterocycles. The highest BCUT2D eigenvalue weighted by atomic mass is 35.5. The van der Waals surface area contributed by atoms with E-state index < -0.39 is 34.6 Å². The number of aromatic hydroxyl groups is 1. The summed E-state index contributed by atoms with van der Waals surface area (Å²) in [6.45, 7) is 1.72. The van der Waals surface area contributed by atoms with Gasteiger partial charge in [0.05, 0.1) is 26.9 Å². The molecule has 3 heterocycles. The highest BCUT2D eigenvalue weighted by Crippen LogP contribution is 2.56. The number of ketones is 2. The lowest BCUT2D eigenvalue weighted by Crippen LogP contribution is -2.58. The van der Waals surface area contributed by atoms with Crippen LogP contribution in [0.25, 0.3) is 0 Å². The zero-order chi connectivity index (χ0) is 29.4. The molecule has 1 aliphatic carbocycles. The summed E-state index contributed by atoms with van der Waals surface area (Å²) in [5, 5.41) is 13.7. The van der Waals surface area contributed by atoms with Gasteiger partial charge in [-0.05, 0) is 24.1 Å². The number of nitrogens with zero attached hydrogens (tertiary/aromatic N) is 1. The molecule has 0 fully saturated rings. The van der Waals surface area contributed by atoms with Gasteiger partial charge in [0, 0.05) is 29.2 Å². The van der Waals surface area contributed by atoms with E-state index in [0.29, 0.717) is 11.3 Å². The molecule has 3 unspecified atom stereocenters. The highest BCUT2D eigenvalue weighted by molar-refractivity contribution is 6.36. The number of phenolic OH excluding ortho intramolecular Hbond substituents is 1. The number of carbonyl (C=O) groups excluding carboxylic acids is 2. The predicted molar refractivity (Wildman–Crippen MR) is 147 cm³/mol. The second-order valence-corrected chi connectivity index (χ2v) is 10.4. The Morgan fingerprint density at radius 2 is 1.78 bits per heavy atom. The Balaban J connectivity index is 1.58. The van der Waals surface area contributed by atoms with Crippen molar-refractivity contribution >= 4 is 34.9 Å². The molecule has 0 amide bonds. The molecule has 3 atom stereocenters. The van der Waals surface area contributed by atoms with E-state index in [9.17, 15) is 19.5 Å². The molecule has 3 aromatic rings. The van der Waals surface area contributed by atoms with Crippen LogP contribution in [0, 0.1) is 5.92 Å². The van der Waals surface area contributed by atoms with Gasteiger partial charge in [-0.2, -0.15) is 4.98 Å². The van der Waals surface area contributed by atoms with Crippen molar-refractivity contribution in [3.05, 3.63) is 67.6 Å². The SMILES string of the molecule is COc1ccc(C2C3=C(CC(C)C4(Oc5c(Cl)c(OC)cc(OC)c5C4=O)C3=O)Nc3nc(N)[nH]c(=O)c32)cc1O. The number of hydrogen-bond acceptors (Lipinski definition) is 11. The lowest BCUT2D eigenvalue weighted by molar-refractivity contribution is -0.130. The Labute approximate surface area is 238 Å². The van der Waals surface area contributed by atoms with E-state index >= 15 is 0 Å². The highest BCUT2D eigenvalue weighted by Gasteiger charge is 2.63. The molecule has 5 N–H and O–H groups in total. The van der Waals surface area contributed by atoms with Crippen molar-refractivity contribution in [2.24, 2.45) is 5.92 Å². The molecule has 3 aliphatic rings. The second kappa shape index (κ2) is 9.16. The van der Waals surface area contributed by atoms with E-state index in [1.165, 1.54) is 39.5 Å². The van der Waals surface area contributed by atoms with Gasteiger partial charge in [-0.1, -0.05) is 24.6 Å². The number of nitrogen functional groups attached to an aromatic ring is 1. The lowest BCUT2D eigenvalue weighted by Gasteiger charge is -2.42. The third-order valence-corrected chi connectivity index (χ3v) is 8.24. The standard InChI is InChI=1S/C28H25ClN4O8/c1-10-7-12-18(23(35)28(10)24(36)19-15(39-3)9-16(40-4)21(29)22(19)41-28)17(11-5-6-14(38-2)13(34)8-11)20-25(31-12)32-27(30)33-26(20)37/h5-6,8-10,17,34H,7H2,1-4H3,(H4,30,31,32,33,37). The van der Waals surface area contributed by atoms with Gasteiger partial charge in [0.1, 0.15) is 27.9 Å². The largest absolute Gasteiger partial charge is 0.504 e. The fraction of sp³-hybridized carbons (Fsp3) is 0.286. The number of halogens is 1. The number of nitrogens with one attached hydrogen (secondary N) is 2. The molecular formula is C28H25ClN4O8. The summed E-state index contributed by atoms with van der Waals surface area (Å²) in [6.07, 6.45) is 0.171. The van der Waals surface area contributed by atoms with Crippen molar-refractivity contribution in [1.29, 1.82) is 0 Å². The number of H-pyrrole nitrogens is 1. The van der Waals surface area contributed by atoms with Gasteiger partial charge in [-0.15, -0.1) is 0 Å². The first-order valence-electron chi connectivity index (χ1n) is 12.6. The number of methoxy groups -OCH3 is 3. The van der Waals surface area contributed by atoms with Gasteiger partial charge >= 0.3 is 0 Å². The molecule has 0 saturated heterocycles. The summed E-state index contributed by atoms with van der Waals surface area (Å²) in [5.41, 5.74) is 4.28. The number of Topliss-reactive ketones (excluding diaryl/α,β-unsaturated/α-hetero) is 2. The minimum Gasteiger partial charge on any atom is -0.504 e. The van der Waals surface area contributed by atoms with E-state index in [4.69, 9.17) is 36.3 Å². The third-order valence-electron chi connectivity index (χ3n) is 7.89. The molecule has 1 spiro atoms. The first kappa shape index (κ1) is 26.5.